The molecule has 1 aliphatic heterocycles. The molecule has 1 aromatic rings. The molecule has 0 radical (unpaired) electrons. The lowest BCUT2D eigenvalue weighted by molar-refractivity contribution is -0.137. The van der Waals surface area contributed by atoms with E-state index in [1.807, 2.05) is 0 Å². The maximum atomic E-state index is 12.9. The Balaban J connectivity index is 1.44. The average molecular weight is 320 g/mol. The highest BCUT2D eigenvalue weighted by Gasteiger charge is 2.26. The minimum Gasteiger partial charge on any atom is -0.371 e. The van der Waals surface area contributed by atoms with Crippen molar-refractivity contribution in [2.45, 2.75) is 12.8 Å². The molecule has 2 amide bonds. The monoisotopic (exact) mass is 320 g/mol. The van der Waals surface area contributed by atoms with Crippen molar-refractivity contribution in [1.29, 1.82) is 0 Å². The Hall–Kier alpha value is -1.95. The topological polar surface area (TPSA) is 49.9 Å². The number of ether oxygens (including phenoxy) is 1. The Morgan fingerprint density at radius 1 is 1.04 bits per heavy atom. The van der Waals surface area contributed by atoms with Gasteiger partial charge in [-0.3, -0.25) is 9.59 Å². The quantitative estimate of drug-likeness (QED) is 0.827. The van der Waals surface area contributed by atoms with Gasteiger partial charge in [-0.1, -0.05) is 0 Å². The second-order valence-electron chi connectivity index (χ2n) is 6.14. The molecular formula is C17H21FN2O3. The molecule has 0 unspecified atom stereocenters. The maximum Gasteiger partial charge on any atom is 0.253 e. The van der Waals surface area contributed by atoms with E-state index >= 15 is 0 Å². The summed E-state index contributed by atoms with van der Waals surface area (Å²) in [6, 6.07) is 5.54. The Morgan fingerprint density at radius 2 is 1.65 bits per heavy atom. The van der Waals surface area contributed by atoms with Gasteiger partial charge in [-0.2, -0.15) is 0 Å². The fourth-order valence-electron chi connectivity index (χ4n) is 2.62. The number of carbonyl (C=O) groups is 2. The highest BCUT2D eigenvalue weighted by Crippen LogP contribution is 2.28. The van der Waals surface area contributed by atoms with Crippen LogP contribution in [0.5, 0.6) is 0 Å². The van der Waals surface area contributed by atoms with Crippen LogP contribution in [-0.2, 0) is 9.53 Å². The molecular weight excluding hydrogens is 299 g/mol. The fourth-order valence-corrected chi connectivity index (χ4v) is 2.62. The molecule has 0 bridgehead atoms. The first-order valence-electron chi connectivity index (χ1n) is 8.04. The van der Waals surface area contributed by atoms with Gasteiger partial charge < -0.3 is 14.5 Å². The van der Waals surface area contributed by atoms with Crippen molar-refractivity contribution in [3.8, 4) is 0 Å². The lowest BCUT2D eigenvalue weighted by Gasteiger charge is -2.34. The molecule has 2 fully saturated rings. The summed E-state index contributed by atoms with van der Waals surface area (Å²) in [5, 5.41) is 0. The van der Waals surface area contributed by atoms with E-state index in [0.717, 1.165) is 0 Å². The van der Waals surface area contributed by atoms with Gasteiger partial charge in [-0.25, -0.2) is 4.39 Å². The van der Waals surface area contributed by atoms with E-state index in [2.05, 4.69) is 0 Å². The summed E-state index contributed by atoms with van der Waals surface area (Å²) in [4.78, 5) is 27.8. The van der Waals surface area contributed by atoms with Crippen molar-refractivity contribution in [3.63, 3.8) is 0 Å². The molecule has 2 aliphatic rings. The van der Waals surface area contributed by atoms with Gasteiger partial charge in [0.05, 0.1) is 6.61 Å². The van der Waals surface area contributed by atoms with Crippen molar-refractivity contribution >= 4 is 11.8 Å². The molecule has 1 aliphatic carbocycles. The van der Waals surface area contributed by atoms with Crippen LogP contribution in [0, 0.1) is 11.7 Å². The Bertz CT molecular complexity index is 564. The van der Waals surface area contributed by atoms with Crippen molar-refractivity contribution in [2.75, 3.05) is 39.4 Å². The zero-order valence-corrected chi connectivity index (χ0v) is 13.0. The van der Waals surface area contributed by atoms with Gasteiger partial charge in [-0.15, -0.1) is 0 Å². The fraction of sp³-hybridized carbons (Fsp3) is 0.529. The number of hydrogen-bond donors (Lipinski definition) is 0. The normalized spacial score (nSPS) is 18.1. The van der Waals surface area contributed by atoms with Crippen LogP contribution in [0.2, 0.25) is 0 Å². The van der Waals surface area contributed by atoms with Crippen LogP contribution < -0.4 is 0 Å². The van der Waals surface area contributed by atoms with Gasteiger partial charge in [0.25, 0.3) is 5.91 Å². The first kappa shape index (κ1) is 15.9. The van der Waals surface area contributed by atoms with Crippen LogP contribution in [0.15, 0.2) is 24.3 Å². The third-order valence-corrected chi connectivity index (χ3v) is 4.29. The lowest BCUT2D eigenvalue weighted by Crippen LogP contribution is -2.51. The number of hydrogen-bond acceptors (Lipinski definition) is 3. The molecule has 0 atom stereocenters. The summed E-state index contributed by atoms with van der Waals surface area (Å²) >= 11 is 0. The second-order valence-corrected chi connectivity index (χ2v) is 6.14. The molecule has 124 valence electrons. The molecule has 6 heteroatoms. The van der Waals surface area contributed by atoms with Crippen LogP contribution >= 0.6 is 0 Å². The maximum absolute atomic E-state index is 12.9. The number of benzene rings is 1. The summed E-state index contributed by atoms with van der Waals surface area (Å²) < 4.78 is 18.3. The molecule has 1 saturated heterocycles. The molecule has 23 heavy (non-hydrogen) atoms. The smallest absolute Gasteiger partial charge is 0.253 e. The minimum absolute atomic E-state index is 0.0143. The number of rotatable bonds is 5. The summed E-state index contributed by atoms with van der Waals surface area (Å²) in [7, 11) is 0. The SMILES string of the molecule is O=C(COCC1CC1)N1CCN(C(=O)c2ccc(F)cc2)CC1. The summed E-state index contributed by atoms with van der Waals surface area (Å²) in [6.45, 7) is 2.81. The zero-order valence-electron chi connectivity index (χ0n) is 13.0. The van der Waals surface area contributed by atoms with Gasteiger partial charge in [0, 0.05) is 31.7 Å². The first-order valence-corrected chi connectivity index (χ1v) is 8.04. The first-order chi connectivity index (χ1) is 11.1. The van der Waals surface area contributed by atoms with Crippen LogP contribution in [0.4, 0.5) is 4.39 Å². The summed E-state index contributed by atoms with van der Waals surface area (Å²) in [6.07, 6.45) is 2.41. The summed E-state index contributed by atoms with van der Waals surface area (Å²) in [5.74, 6) is 0.151. The number of halogens is 1. The number of piperazine rings is 1. The number of nitrogens with zero attached hydrogens (tertiary/aromatic N) is 2. The van der Waals surface area contributed by atoms with E-state index in [1.54, 1.807) is 9.80 Å². The largest absolute Gasteiger partial charge is 0.371 e. The Kier molecular flexibility index (Phi) is 4.91. The molecule has 1 aromatic carbocycles. The van der Waals surface area contributed by atoms with E-state index in [0.29, 0.717) is 44.3 Å². The molecule has 1 saturated carbocycles. The van der Waals surface area contributed by atoms with Crippen LogP contribution in [0.3, 0.4) is 0 Å². The minimum atomic E-state index is -0.358. The lowest BCUT2D eigenvalue weighted by atomic mass is 10.2. The van der Waals surface area contributed by atoms with E-state index in [-0.39, 0.29) is 24.2 Å². The molecule has 5 nitrogen and oxygen atoms in total. The van der Waals surface area contributed by atoms with Gasteiger partial charge in [0.15, 0.2) is 0 Å². The van der Waals surface area contributed by atoms with Crippen LogP contribution in [0.1, 0.15) is 23.2 Å². The summed E-state index contributed by atoms with van der Waals surface area (Å²) in [5.41, 5.74) is 0.471. The Labute approximate surface area is 135 Å². The Morgan fingerprint density at radius 3 is 2.26 bits per heavy atom. The third-order valence-electron chi connectivity index (χ3n) is 4.29. The van der Waals surface area contributed by atoms with Crippen LogP contribution in [0.25, 0.3) is 0 Å². The highest BCUT2D eigenvalue weighted by atomic mass is 19.1. The van der Waals surface area contributed by atoms with Crippen molar-refractivity contribution in [3.05, 3.63) is 35.6 Å². The number of amides is 2. The predicted octanol–water partition coefficient (Wildman–Crippen LogP) is 1.54. The molecule has 0 aromatic heterocycles. The zero-order chi connectivity index (χ0) is 16.2. The standard InChI is InChI=1S/C17H21FN2O3/c18-15-5-3-14(4-6-15)17(22)20-9-7-19(8-10-20)16(21)12-23-11-13-1-2-13/h3-6,13H,1-2,7-12H2. The predicted molar refractivity (Wildman–Crippen MR) is 82.4 cm³/mol. The van der Waals surface area contributed by atoms with Gasteiger partial charge in [-0.05, 0) is 43.0 Å². The van der Waals surface area contributed by atoms with Crippen molar-refractivity contribution in [1.82, 2.24) is 9.80 Å². The number of carbonyl (C=O) groups excluding carboxylic acids is 2. The van der Waals surface area contributed by atoms with E-state index in [9.17, 15) is 14.0 Å². The average Bonchev–Trinajstić information content (AvgIpc) is 3.39. The van der Waals surface area contributed by atoms with Gasteiger partial charge >= 0.3 is 0 Å². The highest BCUT2D eigenvalue weighted by molar-refractivity contribution is 5.94. The van der Waals surface area contributed by atoms with Crippen LogP contribution in [-0.4, -0.2) is 61.0 Å². The molecule has 0 spiro atoms. The van der Waals surface area contributed by atoms with Gasteiger partial charge in [0.1, 0.15) is 12.4 Å². The van der Waals surface area contributed by atoms with Crippen molar-refractivity contribution in [2.24, 2.45) is 5.92 Å². The van der Waals surface area contributed by atoms with E-state index in [1.165, 1.54) is 37.1 Å². The van der Waals surface area contributed by atoms with Gasteiger partial charge in [0.2, 0.25) is 5.91 Å². The molecule has 3 rings (SSSR count). The third kappa shape index (κ3) is 4.28. The molecule has 1 heterocycles. The second kappa shape index (κ2) is 7.08. The molecule has 0 N–H and O–H groups in total. The van der Waals surface area contributed by atoms with E-state index in [4.69, 9.17) is 4.74 Å². The van der Waals surface area contributed by atoms with E-state index < -0.39 is 0 Å². The van der Waals surface area contributed by atoms with Crippen molar-refractivity contribution < 1.29 is 18.7 Å².